The highest BCUT2D eigenvalue weighted by atomic mass is 16.7. The van der Waals surface area contributed by atoms with Gasteiger partial charge in [-0.15, -0.1) is 0 Å². The Labute approximate surface area is 173 Å². The Morgan fingerprint density at radius 1 is 1.17 bits per heavy atom. The first-order valence-corrected chi connectivity index (χ1v) is 9.87. The molecule has 0 aromatic heterocycles. The molecule has 2 aliphatic rings. The van der Waals surface area contributed by atoms with E-state index in [0.717, 1.165) is 4.90 Å². The standard InChI is InChI=1S/C20H25N3O7/c1-3-7-20(8-4-2)18(26)23(19(27)22-20)10-17(25)28-11-16(24)21-13-5-6-14-15(9-13)30-12-29-14/h5-6,9H,3-4,7-8,10-12H2,1-2H3,(H,21,24)(H,22,27). The fourth-order valence-electron chi connectivity index (χ4n) is 3.63. The van der Waals surface area contributed by atoms with E-state index in [-0.39, 0.29) is 6.79 Å². The molecule has 162 valence electrons. The summed E-state index contributed by atoms with van der Waals surface area (Å²) in [5.74, 6) is -0.756. The molecule has 1 saturated heterocycles. The Bertz CT molecular complexity index is 849. The average molecular weight is 419 g/mol. The molecule has 0 radical (unpaired) electrons. The van der Waals surface area contributed by atoms with Gasteiger partial charge in [-0.1, -0.05) is 26.7 Å². The number of nitrogens with zero attached hydrogens (tertiary/aromatic N) is 1. The number of fused-ring (bicyclic) bond motifs is 1. The van der Waals surface area contributed by atoms with Crippen LogP contribution in [0.1, 0.15) is 39.5 Å². The van der Waals surface area contributed by atoms with Gasteiger partial charge in [-0.3, -0.25) is 19.3 Å². The summed E-state index contributed by atoms with van der Waals surface area (Å²) in [6.07, 6.45) is 2.42. The summed E-state index contributed by atoms with van der Waals surface area (Å²) in [7, 11) is 0. The third-order valence-electron chi connectivity index (χ3n) is 4.91. The van der Waals surface area contributed by atoms with Crippen molar-refractivity contribution in [3.05, 3.63) is 18.2 Å². The monoisotopic (exact) mass is 419 g/mol. The van der Waals surface area contributed by atoms with Crippen LogP contribution in [0.5, 0.6) is 11.5 Å². The lowest BCUT2D eigenvalue weighted by atomic mass is 9.88. The number of amides is 4. The number of esters is 1. The van der Waals surface area contributed by atoms with Crippen LogP contribution in [-0.4, -0.2) is 54.2 Å². The van der Waals surface area contributed by atoms with Gasteiger partial charge in [0.05, 0.1) is 0 Å². The fourth-order valence-corrected chi connectivity index (χ4v) is 3.63. The molecule has 2 heterocycles. The summed E-state index contributed by atoms with van der Waals surface area (Å²) in [5.41, 5.74) is -0.518. The Morgan fingerprint density at radius 3 is 2.57 bits per heavy atom. The Kier molecular flexibility index (Phi) is 6.43. The molecule has 0 saturated carbocycles. The molecule has 0 aliphatic carbocycles. The normalized spacial score (nSPS) is 16.4. The van der Waals surface area contributed by atoms with Crippen molar-refractivity contribution in [2.24, 2.45) is 0 Å². The van der Waals surface area contributed by atoms with E-state index in [2.05, 4.69) is 10.6 Å². The molecule has 2 aliphatic heterocycles. The molecule has 10 heteroatoms. The Balaban J connectivity index is 1.51. The van der Waals surface area contributed by atoms with Gasteiger partial charge in [0.15, 0.2) is 18.1 Å². The number of nitrogens with one attached hydrogen (secondary N) is 2. The van der Waals surface area contributed by atoms with Crippen molar-refractivity contribution in [3.63, 3.8) is 0 Å². The van der Waals surface area contributed by atoms with Gasteiger partial charge in [0.25, 0.3) is 11.8 Å². The van der Waals surface area contributed by atoms with Crippen molar-refractivity contribution in [2.45, 2.75) is 45.1 Å². The molecule has 1 fully saturated rings. The van der Waals surface area contributed by atoms with E-state index in [1.54, 1.807) is 18.2 Å². The van der Waals surface area contributed by atoms with Crippen molar-refractivity contribution in [2.75, 3.05) is 25.3 Å². The van der Waals surface area contributed by atoms with E-state index in [4.69, 9.17) is 14.2 Å². The first-order valence-electron chi connectivity index (χ1n) is 9.87. The number of anilines is 1. The first kappa shape index (κ1) is 21.4. The van der Waals surface area contributed by atoms with Crippen LogP contribution in [0.3, 0.4) is 0 Å². The third kappa shape index (κ3) is 4.47. The van der Waals surface area contributed by atoms with Crippen LogP contribution >= 0.6 is 0 Å². The maximum absolute atomic E-state index is 12.8. The Hall–Kier alpha value is -3.30. The number of ether oxygens (including phenoxy) is 3. The second kappa shape index (κ2) is 9.02. The molecular weight excluding hydrogens is 394 g/mol. The maximum Gasteiger partial charge on any atom is 0.326 e. The van der Waals surface area contributed by atoms with Crippen molar-refractivity contribution in [1.82, 2.24) is 10.2 Å². The van der Waals surface area contributed by atoms with E-state index in [9.17, 15) is 19.2 Å². The maximum atomic E-state index is 12.8. The van der Waals surface area contributed by atoms with Gasteiger partial charge in [-0.2, -0.15) is 0 Å². The largest absolute Gasteiger partial charge is 0.454 e. The van der Waals surface area contributed by atoms with Crippen LogP contribution in [0, 0.1) is 0 Å². The van der Waals surface area contributed by atoms with Crippen LogP contribution in [0.25, 0.3) is 0 Å². The Morgan fingerprint density at radius 2 is 1.87 bits per heavy atom. The molecule has 0 spiro atoms. The van der Waals surface area contributed by atoms with Crippen molar-refractivity contribution in [1.29, 1.82) is 0 Å². The molecule has 2 N–H and O–H groups in total. The average Bonchev–Trinajstić information content (AvgIpc) is 3.25. The zero-order valence-corrected chi connectivity index (χ0v) is 17.0. The first-order chi connectivity index (χ1) is 14.4. The van der Waals surface area contributed by atoms with Gasteiger partial charge in [0.2, 0.25) is 6.79 Å². The van der Waals surface area contributed by atoms with Crippen LogP contribution in [0.4, 0.5) is 10.5 Å². The smallest absolute Gasteiger partial charge is 0.326 e. The van der Waals surface area contributed by atoms with Gasteiger partial charge in [-0.05, 0) is 25.0 Å². The summed E-state index contributed by atoms with van der Waals surface area (Å²) in [4.78, 5) is 50.0. The van der Waals surface area contributed by atoms with E-state index in [1.165, 1.54) is 0 Å². The number of imide groups is 1. The quantitative estimate of drug-likeness (QED) is 0.462. The number of hydrogen-bond donors (Lipinski definition) is 2. The second-order valence-corrected chi connectivity index (χ2v) is 7.18. The molecule has 0 unspecified atom stereocenters. The lowest BCUT2D eigenvalue weighted by Crippen LogP contribution is -2.47. The van der Waals surface area contributed by atoms with E-state index < -0.39 is 42.5 Å². The predicted octanol–water partition coefficient (Wildman–Crippen LogP) is 1.79. The summed E-state index contributed by atoms with van der Waals surface area (Å²) >= 11 is 0. The second-order valence-electron chi connectivity index (χ2n) is 7.18. The summed E-state index contributed by atoms with van der Waals surface area (Å²) in [5, 5.41) is 5.29. The number of carbonyl (C=O) groups excluding carboxylic acids is 4. The summed E-state index contributed by atoms with van der Waals surface area (Å²) in [6, 6.07) is 4.25. The minimum atomic E-state index is -0.975. The van der Waals surface area contributed by atoms with Gasteiger partial charge in [0, 0.05) is 11.8 Å². The zero-order valence-electron chi connectivity index (χ0n) is 17.0. The molecule has 30 heavy (non-hydrogen) atoms. The molecular formula is C20H25N3O7. The lowest BCUT2D eigenvalue weighted by molar-refractivity contribution is -0.150. The van der Waals surface area contributed by atoms with Gasteiger partial charge in [-0.25, -0.2) is 4.79 Å². The molecule has 4 amide bonds. The number of rotatable bonds is 9. The fraction of sp³-hybridized carbons (Fsp3) is 0.500. The number of carbonyl (C=O) groups is 4. The highest BCUT2D eigenvalue weighted by Crippen LogP contribution is 2.34. The number of hydrogen-bond acceptors (Lipinski definition) is 7. The molecule has 1 aromatic rings. The summed E-state index contributed by atoms with van der Waals surface area (Å²) < 4.78 is 15.4. The van der Waals surface area contributed by atoms with Crippen LogP contribution in [0.15, 0.2) is 18.2 Å². The number of benzene rings is 1. The van der Waals surface area contributed by atoms with Gasteiger partial charge < -0.3 is 24.8 Å². The van der Waals surface area contributed by atoms with Gasteiger partial charge >= 0.3 is 12.0 Å². The van der Waals surface area contributed by atoms with Gasteiger partial charge in [0.1, 0.15) is 12.1 Å². The zero-order chi connectivity index (χ0) is 21.7. The molecule has 0 bridgehead atoms. The molecule has 3 rings (SSSR count). The molecule has 10 nitrogen and oxygen atoms in total. The summed E-state index contributed by atoms with van der Waals surface area (Å²) in [6.45, 7) is 2.87. The predicted molar refractivity (Wildman–Crippen MR) is 105 cm³/mol. The van der Waals surface area contributed by atoms with Crippen molar-refractivity contribution in [3.8, 4) is 11.5 Å². The van der Waals surface area contributed by atoms with Crippen LogP contribution < -0.4 is 20.1 Å². The van der Waals surface area contributed by atoms with E-state index in [0.29, 0.717) is 42.9 Å². The lowest BCUT2D eigenvalue weighted by Gasteiger charge is -2.25. The van der Waals surface area contributed by atoms with Crippen molar-refractivity contribution < 1.29 is 33.4 Å². The topological polar surface area (TPSA) is 123 Å². The molecule has 1 aromatic carbocycles. The van der Waals surface area contributed by atoms with E-state index in [1.807, 2.05) is 13.8 Å². The van der Waals surface area contributed by atoms with Crippen LogP contribution in [-0.2, 0) is 19.1 Å². The van der Waals surface area contributed by atoms with Crippen molar-refractivity contribution >= 4 is 29.5 Å². The highest BCUT2D eigenvalue weighted by molar-refractivity contribution is 6.08. The minimum absolute atomic E-state index is 0.116. The minimum Gasteiger partial charge on any atom is -0.454 e. The third-order valence-corrected chi connectivity index (χ3v) is 4.91. The highest BCUT2D eigenvalue weighted by Gasteiger charge is 2.50. The van der Waals surface area contributed by atoms with E-state index >= 15 is 0 Å². The SMILES string of the molecule is CCCC1(CCC)NC(=O)N(CC(=O)OCC(=O)Nc2ccc3c(c2)OCO3)C1=O. The van der Waals surface area contributed by atoms with Crippen LogP contribution in [0.2, 0.25) is 0 Å². The molecule has 0 atom stereocenters. The number of urea groups is 1.